The number of hydrogen-bond donors (Lipinski definition) is 2. The molecule has 8 heteroatoms. The van der Waals surface area contributed by atoms with E-state index in [1.54, 1.807) is 36.7 Å². The second-order valence-electron chi connectivity index (χ2n) is 4.62. The number of rotatable bonds is 6. The van der Waals surface area contributed by atoms with Crippen molar-refractivity contribution in [3.05, 3.63) is 35.8 Å². The highest BCUT2D eigenvalue weighted by Gasteiger charge is 2.24. The molecule has 0 aliphatic rings. The third-order valence-corrected chi connectivity index (χ3v) is 4.62. The van der Waals surface area contributed by atoms with Gasteiger partial charge in [0.15, 0.2) is 0 Å². The molecule has 2 N–H and O–H groups in total. The van der Waals surface area contributed by atoms with Crippen LogP contribution in [0.15, 0.2) is 29.3 Å². The fourth-order valence-corrected chi connectivity index (χ4v) is 3.54. The quantitative estimate of drug-likeness (QED) is 0.832. The molecule has 2 aromatic rings. The van der Waals surface area contributed by atoms with Gasteiger partial charge in [0.05, 0.1) is 11.4 Å². The molecule has 0 amide bonds. The van der Waals surface area contributed by atoms with Crippen LogP contribution >= 0.6 is 0 Å². The van der Waals surface area contributed by atoms with Crippen LogP contribution in [0.2, 0.25) is 0 Å². The first-order valence-electron chi connectivity index (χ1n) is 6.54. The number of anilines is 1. The summed E-state index contributed by atoms with van der Waals surface area (Å²) in [6.45, 7) is 3.86. The number of hydrogen-bond acceptors (Lipinski definition) is 5. The first kappa shape index (κ1) is 15.5. The lowest BCUT2D eigenvalue weighted by Gasteiger charge is -2.08. The maximum Gasteiger partial charge on any atom is 0.266 e. The molecule has 21 heavy (non-hydrogen) atoms. The molecule has 0 spiro atoms. The molecule has 7 nitrogen and oxygen atoms in total. The molecule has 0 atom stereocenters. The molecule has 114 valence electrons. The van der Waals surface area contributed by atoms with Crippen LogP contribution in [-0.4, -0.2) is 34.9 Å². The van der Waals surface area contributed by atoms with Crippen molar-refractivity contribution in [1.82, 2.24) is 14.8 Å². The van der Waals surface area contributed by atoms with Crippen molar-refractivity contribution in [3.63, 3.8) is 0 Å². The highest BCUT2D eigenvalue weighted by atomic mass is 32.2. The molecular formula is C13H18N4O3S. The Bertz CT molecular complexity index is 711. The Morgan fingerprint density at radius 2 is 2.10 bits per heavy atom. The lowest BCUT2D eigenvalue weighted by molar-refractivity contribution is 0.276. The predicted octanol–water partition coefficient (Wildman–Crippen LogP) is 1.08. The van der Waals surface area contributed by atoms with Crippen LogP contribution < -0.4 is 4.72 Å². The zero-order valence-corrected chi connectivity index (χ0v) is 12.8. The van der Waals surface area contributed by atoms with Gasteiger partial charge in [0.25, 0.3) is 10.0 Å². The van der Waals surface area contributed by atoms with Crippen molar-refractivity contribution in [1.29, 1.82) is 0 Å². The highest BCUT2D eigenvalue weighted by molar-refractivity contribution is 7.92. The number of sulfonamides is 1. The van der Waals surface area contributed by atoms with Crippen LogP contribution in [0.1, 0.15) is 17.8 Å². The summed E-state index contributed by atoms with van der Waals surface area (Å²) < 4.78 is 29.0. The second kappa shape index (κ2) is 6.23. The summed E-state index contributed by atoms with van der Waals surface area (Å²) in [4.78, 5) is 4.11. The zero-order valence-electron chi connectivity index (χ0n) is 11.9. The molecule has 2 rings (SSSR count). The Kier molecular flexibility index (Phi) is 4.59. The van der Waals surface area contributed by atoms with E-state index in [0.717, 1.165) is 0 Å². The molecule has 0 radical (unpaired) electrons. The van der Waals surface area contributed by atoms with Crippen LogP contribution in [-0.2, 0) is 16.6 Å². The predicted molar refractivity (Wildman–Crippen MR) is 78.4 cm³/mol. The van der Waals surface area contributed by atoms with E-state index in [4.69, 9.17) is 5.11 Å². The van der Waals surface area contributed by atoms with Gasteiger partial charge in [0.1, 0.15) is 10.7 Å². The van der Waals surface area contributed by atoms with E-state index in [1.165, 1.54) is 6.20 Å². The molecule has 0 saturated heterocycles. The Morgan fingerprint density at radius 3 is 2.71 bits per heavy atom. The maximum atomic E-state index is 12.5. The molecule has 0 fully saturated rings. The SMILES string of the molecule is Cc1nn(CCCO)c(C)c1S(=O)(=O)Nc1ccccn1. The summed E-state index contributed by atoms with van der Waals surface area (Å²) >= 11 is 0. The molecule has 0 unspecified atom stereocenters. The monoisotopic (exact) mass is 310 g/mol. The molecule has 0 aliphatic carbocycles. The number of nitrogens with zero attached hydrogens (tertiary/aromatic N) is 3. The first-order chi connectivity index (χ1) is 9.95. The van der Waals surface area contributed by atoms with Crippen molar-refractivity contribution in [3.8, 4) is 0 Å². The van der Waals surface area contributed by atoms with Crippen molar-refractivity contribution >= 4 is 15.8 Å². The summed E-state index contributed by atoms with van der Waals surface area (Å²) in [5, 5.41) is 13.1. The third kappa shape index (κ3) is 3.40. The number of pyridine rings is 1. The second-order valence-corrected chi connectivity index (χ2v) is 6.24. The normalized spacial score (nSPS) is 11.6. The van der Waals surface area contributed by atoms with Crippen LogP contribution in [0.25, 0.3) is 0 Å². The maximum absolute atomic E-state index is 12.5. The number of aliphatic hydroxyl groups is 1. The standard InChI is InChI=1S/C13H18N4O3S/c1-10-13(11(2)17(15-10)8-5-9-18)21(19,20)16-12-6-3-4-7-14-12/h3-4,6-7,18H,5,8-9H2,1-2H3,(H,14,16). The van der Waals surface area contributed by atoms with Crippen molar-refractivity contribution in [2.45, 2.75) is 31.7 Å². The Labute approximate surface area is 123 Å². The van der Waals surface area contributed by atoms with Gasteiger partial charge in [-0.25, -0.2) is 13.4 Å². The minimum absolute atomic E-state index is 0.0343. The van der Waals surface area contributed by atoms with Gasteiger partial charge in [-0.3, -0.25) is 9.40 Å². The number of nitrogens with one attached hydrogen (secondary N) is 1. The van der Waals surface area contributed by atoms with E-state index in [0.29, 0.717) is 24.4 Å². The molecule has 0 aromatic carbocycles. The van der Waals surface area contributed by atoms with E-state index >= 15 is 0 Å². The average molecular weight is 310 g/mol. The van der Waals surface area contributed by atoms with E-state index in [2.05, 4.69) is 14.8 Å². The van der Waals surface area contributed by atoms with Gasteiger partial charge in [0.2, 0.25) is 0 Å². The Morgan fingerprint density at radius 1 is 1.33 bits per heavy atom. The van der Waals surface area contributed by atoms with Crippen LogP contribution in [0.5, 0.6) is 0 Å². The highest BCUT2D eigenvalue weighted by Crippen LogP contribution is 2.22. The minimum Gasteiger partial charge on any atom is -0.396 e. The van der Waals surface area contributed by atoms with Gasteiger partial charge in [-0.1, -0.05) is 6.07 Å². The van der Waals surface area contributed by atoms with Gasteiger partial charge in [-0.15, -0.1) is 0 Å². The first-order valence-corrected chi connectivity index (χ1v) is 8.02. The topological polar surface area (TPSA) is 97.1 Å². The van der Waals surface area contributed by atoms with Gasteiger partial charge in [0, 0.05) is 19.3 Å². The summed E-state index contributed by atoms with van der Waals surface area (Å²) in [6, 6.07) is 4.99. The molecule has 0 saturated carbocycles. The van der Waals surface area contributed by atoms with Gasteiger partial charge >= 0.3 is 0 Å². The van der Waals surface area contributed by atoms with Gasteiger partial charge in [-0.2, -0.15) is 5.10 Å². The molecular weight excluding hydrogens is 292 g/mol. The summed E-state index contributed by atoms with van der Waals surface area (Å²) in [6.07, 6.45) is 2.04. The lowest BCUT2D eigenvalue weighted by atomic mass is 10.4. The zero-order chi connectivity index (χ0) is 15.5. The van der Waals surface area contributed by atoms with Gasteiger partial charge in [-0.05, 0) is 32.4 Å². The number of aliphatic hydroxyl groups excluding tert-OH is 1. The van der Waals surface area contributed by atoms with Crippen LogP contribution in [0.4, 0.5) is 5.82 Å². The van der Waals surface area contributed by atoms with E-state index in [-0.39, 0.29) is 17.3 Å². The van der Waals surface area contributed by atoms with Crippen molar-refractivity contribution in [2.24, 2.45) is 0 Å². The number of aromatic nitrogens is 3. The lowest BCUT2D eigenvalue weighted by Crippen LogP contribution is -2.15. The van der Waals surface area contributed by atoms with Crippen molar-refractivity contribution < 1.29 is 13.5 Å². The van der Waals surface area contributed by atoms with E-state index < -0.39 is 10.0 Å². The van der Waals surface area contributed by atoms with Crippen LogP contribution in [0, 0.1) is 13.8 Å². The summed E-state index contributed by atoms with van der Waals surface area (Å²) in [5.74, 6) is 0.263. The van der Waals surface area contributed by atoms with Crippen molar-refractivity contribution in [2.75, 3.05) is 11.3 Å². The minimum atomic E-state index is -3.74. The molecule has 2 heterocycles. The largest absolute Gasteiger partial charge is 0.396 e. The molecule has 0 bridgehead atoms. The molecule has 0 aliphatic heterocycles. The summed E-state index contributed by atoms with van der Waals surface area (Å²) in [7, 11) is -3.74. The number of aryl methyl sites for hydroxylation is 2. The summed E-state index contributed by atoms with van der Waals surface area (Å²) in [5.41, 5.74) is 0.971. The fraction of sp³-hybridized carbons (Fsp3) is 0.385. The van der Waals surface area contributed by atoms with E-state index in [9.17, 15) is 8.42 Å². The van der Waals surface area contributed by atoms with Gasteiger partial charge < -0.3 is 5.11 Å². The van der Waals surface area contributed by atoms with E-state index in [1.807, 2.05) is 0 Å². The third-order valence-electron chi connectivity index (χ3n) is 3.02. The molecule has 2 aromatic heterocycles. The van der Waals surface area contributed by atoms with Crippen LogP contribution in [0.3, 0.4) is 0 Å². The fourth-order valence-electron chi connectivity index (χ4n) is 2.12. The smallest absolute Gasteiger partial charge is 0.266 e. The average Bonchev–Trinajstić information content (AvgIpc) is 2.72. The Hall–Kier alpha value is -1.93. The Balaban J connectivity index is 2.34.